The molecule has 202 valence electrons. The first-order chi connectivity index (χ1) is 18.7. The van der Waals surface area contributed by atoms with E-state index in [-0.39, 0.29) is 18.5 Å². The number of esters is 1. The van der Waals surface area contributed by atoms with Crippen molar-refractivity contribution in [1.82, 2.24) is 10.3 Å². The van der Waals surface area contributed by atoms with Gasteiger partial charge in [0.1, 0.15) is 10.9 Å². The van der Waals surface area contributed by atoms with Crippen LogP contribution in [-0.4, -0.2) is 36.9 Å². The Balaban J connectivity index is 1.64. The van der Waals surface area contributed by atoms with Gasteiger partial charge in [0.25, 0.3) is 0 Å². The first kappa shape index (κ1) is 28.0. The first-order valence-electron chi connectivity index (χ1n) is 12.0. The summed E-state index contributed by atoms with van der Waals surface area (Å²) >= 11 is 1.36. The number of benzene rings is 3. The lowest BCUT2D eigenvalue weighted by atomic mass is 9.97. The lowest BCUT2D eigenvalue weighted by Gasteiger charge is -2.21. The molecule has 0 aliphatic rings. The van der Waals surface area contributed by atoms with E-state index in [0.717, 1.165) is 16.8 Å². The number of hydrogen-bond acceptors (Lipinski definition) is 7. The molecule has 0 aliphatic carbocycles. The molecule has 3 aromatic carbocycles. The average molecular weight is 566 g/mol. The van der Waals surface area contributed by atoms with Crippen LogP contribution in [0.5, 0.6) is 0 Å². The third-order valence-corrected chi connectivity index (χ3v) is 7.36. The lowest BCUT2D eigenvalue weighted by Crippen LogP contribution is -2.40. The van der Waals surface area contributed by atoms with Gasteiger partial charge >= 0.3 is 16.3 Å². The van der Waals surface area contributed by atoms with Crippen molar-refractivity contribution in [3.63, 3.8) is 0 Å². The molecule has 0 fully saturated rings. The SMILES string of the molecule is COC(=O)C(Cc1ccccc1)C(=O)NC(Cc1cccc(NS(=O)(=O)O)c1)c1nc(-c2ccccc2)cs1. The van der Waals surface area contributed by atoms with E-state index in [9.17, 15) is 18.0 Å². The van der Waals surface area contributed by atoms with Crippen LogP contribution in [0.3, 0.4) is 0 Å². The Morgan fingerprint density at radius 2 is 1.62 bits per heavy atom. The van der Waals surface area contributed by atoms with Crippen molar-refractivity contribution in [2.24, 2.45) is 5.92 Å². The Morgan fingerprint density at radius 1 is 0.949 bits per heavy atom. The Bertz CT molecular complexity index is 1530. The van der Waals surface area contributed by atoms with Crippen LogP contribution in [0.4, 0.5) is 5.69 Å². The zero-order valence-corrected chi connectivity index (χ0v) is 22.6. The van der Waals surface area contributed by atoms with E-state index in [1.165, 1.54) is 24.5 Å². The van der Waals surface area contributed by atoms with Gasteiger partial charge in [-0.3, -0.25) is 18.9 Å². The fourth-order valence-corrected chi connectivity index (χ4v) is 5.39. The van der Waals surface area contributed by atoms with E-state index in [2.05, 4.69) is 5.32 Å². The molecule has 3 N–H and O–H groups in total. The van der Waals surface area contributed by atoms with Gasteiger partial charge in [-0.05, 0) is 36.1 Å². The van der Waals surface area contributed by atoms with Gasteiger partial charge in [-0.1, -0.05) is 72.8 Å². The third kappa shape index (κ3) is 7.96. The van der Waals surface area contributed by atoms with Gasteiger partial charge in [0.2, 0.25) is 5.91 Å². The molecule has 0 saturated carbocycles. The summed E-state index contributed by atoms with van der Waals surface area (Å²) in [5.41, 5.74) is 3.30. The Kier molecular flexibility index (Phi) is 9.07. The fourth-order valence-electron chi connectivity index (χ4n) is 4.08. The number of nitrogens with one attached hydrogen (secondary N) is 2. The number of methoxy groups -OCH3 is 1. The number of anilines is 1. The van der Waals surface area contributed by atoms with E-state index < -0.39 is 34.1 Å². The van der Waals surface area contributed by atoms with E-state index in [1.54, 1.807) is 18.2 Å². The summed E-state index contributed by atoms with van der Waals surface area (Å²) in [7, 11) is -3.21. The molecule has 9 nitrogen and oxygen atoms in total. The van der Waals surface area contributed by atoms with Gasteiger partial charge in [0.15, 0.2) is 0 Å². The van der Waals surface area contributed by atoms with Crippen molar-refractivity contribution >= 4 is 39.2 Å². The van der Waals surface area contributed by atoms with Gasteiger partial charge in [-0.15, -0.1) is 11.3 Å². The van der Waals surface area contributed by atoms with Gasteiger partial charge < -0.3 is 10.1 Å². The number of carbonyl (C=O) groups excluding carboxylic acids is 2. The van der Waals surface area contributed by atoms with Crippen LogP contribution >= 0.6 is 11.3 Å². The zero-order valence-electron chi connectivity index (χ0n) is 21.0. The molecule has 1 aromatic heterocycles. The predicted molar refractivity (Wildman–Crippen MR) is 149 cm³/mol. The lowest BCUT2D eigenvalue weighted by molar-refractivity contribution is -0.150. The van der Waals surface area contributed by atoms with Crippen molar-refractivity contribution < 1.29 is 27.3 Å². The van der Waals surface area contributed by atoms with Crippen molar-refractivity contribution in [3.8, 4) is 11.3 Å². The van der Waals surface area contributed by atoms with Crippen LogP contribution in [0.25, 0.3) is 11.3 Å². The highest BCUT2D eigenvalue weighted by molar-refractivity contribution is 7.87. The van der Waals surface area contributed by atoms with E-state index in [4.69, 9.17) is 14.3 Å². The predicted octanol–water partition coefficient (Wildman–Crippen LogP) is 4.46. The summed E-state index contributed by atoms with van der Waals surface area (Å²) in [6, 6.07) is 24.6. The fraction of sp³-hybridized carbons (Fsp3) is 0.179. The molecule has 2 unspecified atom stereocenters. The van der Waals surface area contributed by atoms with Crippen molar-refractivity contribution in [3.05, 3.63) is 106 Å². The highest BCUT2D eigenvalue weighted by atomic mass is 32.2. The second-order valence-electron chi connectivity index (χ2n) is 8.75. The number of rotatable bonds is 11. The number of thiazole rings is 1. The standard InChI is InChI=1S/C28H27N3O6S2/c1-37-28(33)23(16-19-9-4-2-5-10-19)26(32)29-24(17-20-11-8-14-22(15-20)31-39(34,35)36)27-30-25(18-38-27)21-12-6-3-7-13-21/h2-15,18,23-24,31H,16-17H2,1H3,(H,29,32)(H,34,35,36). The minimum atomic E-state index is -4.46. The molecule has 1 amide bonds. The van der Waals surface area contributed by atoms with Crippen molar-refractivity contribution in [2.75, 3.05) is 11.8 Å². The Morgan fingerprint density at radius 3 is 2.28 bits per heavy atom. The summed E-state index contributed by atoms with van der Waals surface area (Å²) in [6.07, 6.45) is 0.403. The number of aromatic nitrogens is 1. The maximum absolute atomic E-state index is 13.5. The second-order valence-corrected chi connectivity index (χ2v) is 10.8. The topological polar surface area (TPSA) is 135 Å². The molecular formula is C28H27N3O6S2. The van der Waals surface area contributed by atoms with Gasteiger partial charge in [-0.2, -0.15) is 8.42 Å². The summed E-state index contributed by atoms with van der Waals surface area (Å²) in [5.74, 6) is -2.25. The van der Waals surface area contributed by atoms with Crippen molar-refractivity contribution in [1.29, 1.82) is 0 Å². The average Bonchev–Trinajstić information content (AvgIpc) is 3.42. The minimum Gasteiger partial charge on any atom is -0.468 e. The third-order valence-electron chi connectivity index (χ3n) is 5.90. The maximum Gasteiger partial charge on any atom is 0.357 e. The van der Waals surface area contributed by atoms with Gasteiger partial charge in [-0.25, -0.2) is 4.98 Å². The van der Waals surface area contributed by atoms with Crippen LogP contribution in [0.15, 0.2) is 90.3 Å². The summed E-state index contributed by atoms with van der Waals surface area (Å²) < 4.78 is 38.7. The minimum absolute atomic E-state index is 0.160. The maximum atomic E-state index is 13.5. The van der Waals surface area contributed by atoms with Gasteiger partial charge in [0, 0.05) is 10.9 Å². The molecule has 4 rings (SSSR count). The summed E-state index contributed by atoms with van der Waals surface area (Å²) in [5, 5.41) is 5.47. The number of carbonyl (C=O) groups is 2. The number of hydrogen-bond donors (Lipinski definition) is 3. The Hall–Kier alpha value is -4.06. The molecular weight excluding hydrogens is 538 g/mol. The molecule has 0 bridgehead atoms. The van der Waals surface area contributed by atoms with E-state index in [1.807, 2.05) is 70.8 Å². The quantitative estimate of drug-likeness (QED) is 0.139. The highest BCUT2D eigenvalue weighted by Crippen LogP contribution is 2.29. The van der Waals surface area contributed by atoms with Crippen LogP contribution in [-0.2, 0) is 37.5 Å². The molecule has 39 heavy (non-hydrogen) atoms. The molecule has 2 atom stereocenters. The zero-order chi connectivity index (χ0) is 27.8. The smallest absolute Gasteiger partial charge is 0.357 e. The highest BCUT2D eigenvalue weighted by Gasteiger charge is 2.31. The van der Waals surface area contributed by atoms with Crippen LogP contribution in [0.1, 0.15) is 22.2 Å². The van der Waals surface area contributed by atoms with Crippen LogP contribution in [0, 0.1) is 5.92 Å². The molecule has 1 heterocycles. The van der Waals surface area contributed by atoms with Gasteiger partial charge in [0.05, 0.1) is 24.5 Å². The molecule has 0 aliphatic heterocycles. The number of amides is 1. The molecule has 4 aromatic rings. The second kappa shape index (κ2) is 12.7. The van der Waals surface area contributed by atoms with Crippen LogP contribution < -0.4 is 10.0 Å². The van der Waals surface area contributed by atoms with E-state index in [0.29, 0.717) is 10.6 Å². The largest absolute Gasteiger partial charge is 0.468 e. The number of ether oxygens (including phenoxy) is 1. The first-order valence-corrected chi connectivity index (χ1v) is 14.3. The van der Waals surface area contributed by atoms with E-state index >= 15 is 0 Å². The number of nitrogens with zero attached hydrogens (tertiary/aromatic N) is 1. The molecule has 0 saturated heterocycles. The summed E-state index contributed by atoms with van der Waals surface area (Å²) in [6.45, 7) is 0. The monoisotopic (exact) mass is 565 g/mol. The van der Waals surface area contributed by atoms with Crippen molar-refractivity contribution in [2.45, 2.75) is 18.9 Å². The Labute approximate surface area is 230 Å². The van der Waals surface area contributed by atoms with Crippen LogP contribution in [0.2, 0.25) is 0 Å². The molecule has 0 radical (unpaired) electrons. The molecule has 0 spiro atoms. The summed E-state index contributed by atoms with van der Waals surface area (Å²) in [4.78, 5) is 30.9. The normalized spacial score (nSPS) is 12.8. The molecule has 11 heteroatoms.